The molecular weight excluding hydrogens is 346 g/mol. The number of hydrogen-bond donors (Lipinski definition) is 0. The highest BCUT2D eigenvalue weighted by molar-refractivity contribution is 5.92. The maximum atomic E-state index is 12.7. The molecule has 1 fully saturated rings. The minimum absolute atomic E-state index is 0.0745. The first-order valence-electron chi connectivity index (χ1n) is 9.05. The molecule has 3 atom stereocenters. The Labute approximate surface area is 158 Å². The van der Waals surface area contributed by atoms with Crippen LogP contribution in [0.4, 0.5) is 5.69 Å². The molecule has 6 nitrogen and oxygen atoms in total. The molecule has 2 aliphatic carbocycles. The molecule has 2 aliphatic rings. The number of esters is 1. The average Bonchev–Trinajstić information content (AvgIpc) is 2.62. The molecule has 0 radical (unpaired) electrons. The van der Waals surface area contributed by atoms with Crippen molar-refractivity contribution in [3.63, 3.8) is 0 Å². The number of nitro benzene ring substituents is 1. The fourth-order valence-electron chi connectivity index (χ4n) is 3.97. The van der Waals surface area contributed by atoms with E-state index in [1.54, 1.807) is 6.08 Å². The number of hydrogen-bond acceptors (Lipinski definition) is 5. The molecule has 3 unspecified atom stereocenters. The molecule has 0 N–H and O–H groups in total. The van der Waals surface area contributed by atoms with Crippen LogP contribution in [0.5, 0.6) is 0 Å². The second-order valence-corrected chi connectivity index (χ2v) is 7.73. The van der Waals surface area contributed by atoms with E-state index in [1.165, 1.54) is 24.3 Å². The Balaban J connectivity index is 1.85. The summed E-state index contributed by atoms with van der Waals surface area (Å²) >= 11 is 0. The number of carbonyl (C=O) groups is 2. The normalized spacial score (nSPS) is 27.3. The Morgan fingerprint density at radius 2 is 2.00 bits per heavy atom. The van der Waals surface area contributed by atoms with Crippen LogP contribution >= 0.6 is 0 Å². The Morgan fingerprint density at radius 3 is 2.59 bits per heavy atom. The van der Waals surface area contributed by atoms with Gasteiger partial charge < -0.3 is 4.74 Å². The molecule has 1 aromatic carbocycles. The fourth-order valence-corrected chi connectivity index (χ4v) is 3.97. The van der Waals surface area contributed by atoms with E-state index < -0.39 is 10.9 Å². The minimum Gasteiger partial charge on any atom is -0.458 e. The van der Waals surface area contributed by atoms with Gasteiger partial charge in [0.05, 0.1) is 10.5 Å². The van der Waals surface area contributed by atoms with Crippen LogP contribution in [-0.2, 0) is 9.53 Å². The molecule has 0 saturated heterocycles. The predicted molar refractivity (Wildman–Crippen MR) is 100 cm³/mol. The van der Waals surface area contributed by atoms with Crippen molar-refractivity contribution in [2.45, 2.75) is 45.6 Å². The second-order valence-electron chi connectivity index (χ2n) is 7.73. The highest BCUT2D eigenvalue weighted by Gasteiger charge is 2.47. The van der Waals surface area contributed by atoms with Crippen LogP contribution < -0.4 is 0 Å². The lowest BCUT2D eigenvalue weighted by Crippen LogP contribution is -2.45. The second kappa shape index (κ2) is 7.10. The van der Waals surface area contributed by atoms with Gasteiger partial charge in [-0.25, -0.2) is 4.79 Å². The SMILES string of the molecule is C=C(C)C1CC2=CC(=O)CCC2(C)C(OC(=O)c2ccc([N+](=O)[O-])cc2)C1. The van der Waals surface area contributed by atoms with Crippen molar-refractivity contribution in [2.75, 3.05) is 0 Å². The summed E-state index contributed by atoms with van der Waals surface area (Å²) in [4.78, 5) is 34.8. The molecule has 0 spiro atoms. The van der Waals surface area contributed by atoms with Crippen molar-refractivity contribution in [1.29, 1.82) is 0 Å². The summed E-state index contributed by atoms with van der Waals surface area (Å²) in [5.41, 5.74) is 1.87. The molecule has 6 heteroatoms. The maximum absolute atomic E-state index is 12.7. The Bertz CT molecular complexity index is 839. The third-order valence-corrected chi connectivity index (χ3v) is 5.90. The summed E-state index contributed by atoms with van der Waals surface area (Å²) in [5.74, 6) is -0.232. The summed E-state index contributed by atoms with van der Waals surface area (Å²) in [7, 11) is 0. The number of benzene rings is 1. The molecule has 142 valence electrons. The van der Waals surface area contributed by atoms with E-state index in [-0.39, 0.29) is 34.5 Å². The summed E-state index contributed by atoms with van der Waals surface area (Å²) < 4.78 is 5.86. The van der Waals surface area contributed by atoms with Crippen LogP contribution in [0.2, 0.25) is 0 Å². The summed E-state index contributed by atoms with van der Waals surface area (Å²) in [6.07, 6.45) is 3.88. The smallest absolute Gasteiger partial charge is 0.338 e. The molecular formula is C21H23NO5. The quantitative estimate of drug-likeness (QED) is 0.340. The average molecular weight is 369 g/mol. The van der Waals surface area contributed by atoms with E-state index in [0.717, 1.165) is 17.6 Å². The first-order chi connectivity index (χ1) is 12.7. The zero-order valence-electron chi connectivity index (χ0n) is 15.6. The summed E-state index contributed by atoms with van der Waals surface area (Å²) in [6.45, 7) is 8.04. The van der Waals surface area contributed by atoms with Gasteiger partial charge in [-0.05, 0) is 50.3 Å². The molecule has 1 saturated carbocycles. The maximum Gasteiger partial charge on any atom is 0.338 e. The molecule has 0 aromatic heterocycles. The number of allylic oxidation sites excluding steroid dienone is 2. The van der Waals surface area contributed by atoms with E-state index in [9.17, 15) is 19.7 Å². The standard InChI is InChI=1S/C21H23NO5/c1-13(2)15-10-16-12-18(23)8-9-21(16,3)19(11-15)27-20(24)14-4-6-17(7-5-14)22(25)26/h4-7,12,15,19H,1,8-11H2,2-3H3. The van der Waals surface area contributed by atoms with Gasteiger partial charge in [0, 0.05) is 24.0 Å². The fraction of sp³-hybridized carbons (Fsp3) is 0.429. The number of ether oxygens (including phenoxy) is 1. The van der Waals surface area contributed by atoms with Crippen LogP contribution in [0.25, 0.3) is 0 Å². The number of nitrogens with zero attached hydrogens (tertiary/aromatic N) is 1. The number of non-ortho nitro benzene ring substituents is 1. The minimum atomic E-state index is -0.509. The molecule has 0 heterocycles. The van der Waals surface area contributed by atoms with Gasteiger partial charge in [0.2, 0.25) is 0 Å². The van der Waals surface area contributed by atoms with Crippen LogP contribution in [-0.4, -0.2) is 22.8 Å². The summed E-state index contributed by atoms with van der Waals surface area (Å²) in [5, 5.41) is 10.8. The van der Waals surface area contributed by atoms with Crippen molar-refractivity contribution in [3.05, 3.63) is 63.7 Å². The Hall–Kier alpha value is -2.76. The number of fused-ring (bicyclic) bond motifs is 1. The van der Waals surface area contributed by atoms with Crippen molar-refractivity contribution >= 4 is 17.4 Å². The summed E-state index contributed by atoms with van der Waals surface area (Å²) in [6, 6.07) is 5.40. The van der Waals surface area contributed by atoms with Gasteiger partial charge in [0.15, 0.2) is 5.78 Å². The van der Waals surface area contributed by atoms with E-state index in [4.69, 9.17) is 4.74 Å². The Kier molecular flexibility index (Phi) is 5.00. The van der Waals surface area contributed by atoms with Crippen LogP contribution in [0, 0.1) is 21.4 Å². The Morgan fingerprint density at radius 1 is 1.33 bits per heavy atom. The predicted octanol–water partition coefficient (Wildman–Crippen LogP) is 4.40. The van der Waals surface area contributed by atoms with Crippen molar-refractivity contribution in [1.82, 2.24) is 0 Å². The van der Waals surface area contributed by atoms with Gasteiger partial charge in [0.1, 0.15) is 6.10 Å². The molecule has 27 heavy (non-hydrogen) atoms. The van der Waals surface area contributed by atoms with Gasteiger partial charge in [0.25, 0.3) is 5.69 Å². The van der Waals surface area contributed by atoms with E-state index >= 15 is 0 Å². The van der Waals surface area contributed by atoms with Gasteiger partial charge >= 0.3 is 5.97 Å². The van der Waals surface area contributed by atoms with Crippen LogP contribution in [0.15, 0.2) is 48.1 Å². The number of rotatable bonds is 4. The van der Waals surface area contributed by atoms with E-state index in [0.29, 0.717) is 19.3 Å². The lowest BCUT2D eigenvalue weighted by atomic mass is 9.60. The molecule has 0 amide bonds. The van der Waals surface area contributed by atoms with Crippen LogP contribution in [0.1, 0.15) is 49.9 Å². The van der Waals surface area contributed by atoms with E-state index in [2.05, 4.69) is 6.58 Å². The topological polar surface area (TPSA) is 86.5 Å². The monoisotopic (exact) mass is 369 g/mol. The highest BCUT2D eigenvalue weighted by Crippen LogP contribution is 2.51. The first-order valence-corrected chi connectivity index (χ1v) is 9.05. The molecule has 1 aromatic rings. The molecule has 0 bridgehead atoms. The van der Waals surface area contributed by atoms with Crippen molar-refractivity contribution in [3.8, 4) is 0 Å². The first kappa shape index (κ1) is 19.0. The molecule has 0 aliphatic heterocycles. The highest BCUT2D eigenvalue weighted by atomic mass is 16.6. The van der Waals surface area contributed by atoms with Crippen molar-refractivity contribution in [2.24, 2.45) is 11.3 Å². The molecule has 3 rings (SSSR count). The largest absolute Gasteiger partial charge is 0.458 e. The zero-order chi connectivity index (χ0) is 19.8. The third-order valence-electron chi connectivity index (χ3n) is 5.90. The zero-order valence-corrected chi connectivity index (χ0v) is 15.6. The van der Waals surface area contributed by atoms with Gasteiger partial charge in [-0.15, -0.1) is 0 Å². The number of nitro groups is 1. The number of ketones is 1. The third kappa shape index (κ3) is 3.70. The van der Waals surface area contributed by atoms with Gasteiger partial charge in [-0.2, -0.15) is 0 Å². The van der Waals surface area contributed by atoms with Gasteiger partial charge in [-0.3, -0.25) is 14.9 Å². The van der Waals surface area contributed by atoms with Crippen molar-refractivity contribution < 1.29 is 19.2 Å². The number of carbonyl (C=O) groups excluding carboxylic acids is 2. The van der Waals surface area contributed by atoms with E-state index in [1.807, 2.05) is 13.8 Å². The lowest BCUT2D eigenvalue weighted by Gasteiger charge is -2.47. The van der Waals surface area contributed by atoms with Crippen LogP contribution in [0.3, 0.4) is 0 Å². The lowest BCUT2D eigenvalue weighted by molar-refractivity contribution is -0.384. The van der Waals surface area contributed by atoms with Gasteiger partial charge in [-0.1, -0.05) is 24.6 Å².